The molecule has 0 bridgehead atoms. The van der Waals surface area contributed by atoms with E-state index in [4.69, 9.17) is 4.74 Å². The Morgan fingerprint density at radius 3 is 2.67 bits per heavy atom. The zero-order chi connectivity index (χ0) is 18.6. The van der Waals surface area contributed by atoms with Gasteiger partial charge in [-0.3, -0.25) is 9.79 Å². The van der Waals surface area contributed by atoms with Crippen LogP contribution in [-0.2, 0) is 16.1 Å². The van der Waals surface area contributed by atoms with Gasteiger partial charge in [0.25, 0.3) is 0 Å². The molecule has 0 aliphatic heterocycles. The van der Waals surface area contributed by atoms with Gasteiger partial charge in [0, 0.05) is 32.6 Å². The third-order valence-corrected chi connectivity index (χ3v) is 4.17. The fourth-order valence-corrected chi connectivity index (χ4v) is 2.49. The second kappa shape index (κ2) is 13.8. The van der Waals surface area contributed by atoms with Crippen molar-refractivity contribution in [3.05, 3.63) is 35.9 Å². The molecule has 7 heteroatoms. The van der Waals surface area contributed by atoms with Gasteiger partial charge in [-0.1, -0.05) is 37.3 Å². The second-order valence-corrected chi connectivity index (χ2v) is 6.93. The molecule has 152 valence electrons. The van der Waals surface area contributed by atoms with Gasteiger partial charge in [0.2, 0.25) is 5.91 Å². The zero-order valence-electron chi connectivity index (χ0n) is 16.4. The summed E-state index contributed by atoms with van der Waals surface area (Å²) in [7, 11) is 1.76. The number of nitrogens with zero attached hydrogens (tertiary/aromatic N) is 1. The van der Waals surface area contributed by atoms with E-state index in [1.807, 2.05) is 18.2 Å². The van der Waals surface area contributed by atoms with E-state index in [0.29, 0.717) is 31.6 Å². The van der Waals surface area contributed by atoms with Gasteiger partial charge in [0.05, 0.1) is 13.2 Å². The van der Waals surface area contributed by atoms with Crippen LogP contribution >= 0.6 is 24.0 Å². The lowest BCUT2D eigenvalue weighted by molar-refractivity contribution is -0.121. The van der Waals surface area contributed by atoms with E-state index in [0.717, 1.165) is 38.3 Å². The van der Waals surface area contributed by atoms with Crippen molar-refractivity contribution in [2.45, 2.75) is 45.3 Å². The van der Waals surface area contributed by atoms with Gasteiger partial charge in [-0.15, -0.1) is 24.0 Å². The van der Waals surface area contributed by atoms with Crippen LogP contribution in [0.25, 0.3) is 0 Å². The van der Waals surface area contributed by atoms with Crippen LogP contribution in [0.3, 0.4) is 0 Å². The number of amides is 1. The predicted octanol–water partition coefficient (Wildman–Crippen LogP) is 2.68. The van der Waals surface area contributed by atoms with Gasteiger partial charge in [-0.05, 0) is 30.7 Å². The van der Waals surface area contributed by atoms with Crippen molar-refractivity contribution in [2.75, 3.05) is 26.7 Å². The molecule has 1 atom stereocenters. The minimum atomic E-state index is 0. The minimum Gasteiger partial charge on any atom is -0.376 e. The summed E-state index contributed by atoms with van der Waals surface area (Å²) in [5.74, 6) is 1.30. The van der Waals surface area contributed by atoms with E-state index >= 15 is 0 Å². The molecular formula is C20H33IN4O2. The third kappa shape index (κ3) is 11.2. The number of benzene rings is 1. The highest BCUT2D eigenvalue weighted by Gasteiger charge is 2.22. The number of aliphatic imine (C=N–C) groups is 1. The summed E-state index contributed by atoms with van der Waals surface area (Å²) in [6.45, 7) is 5.00. The molecule has 1 aliphatic carbocycles. The van der Waals surface area contributed by atoms with Crippen LogP contribution in [0, 0.1) is 5.92 Å². The molecule has 6 nitrogen and oxygen atoms in total. The Bertz CT molecular complexity index is 564. The highest BCUT2D eigenvalue weighted by molar-refractivity contribution is 14.0. The second-order valence-electron chi connectivity index (χ2n) is 6.93. The van der Waals surface area contributed by atoms with Gasteiger partial charge in [-0.25, -0.2) is 0 Å². The van der Waals surface area contributed by atoms with Gasteiger partial charge in [0.1, 0.15) is 0 Å². The molecule has 1 aromatic carbocycles. The van der Waals surface area contributed by atoms with E-state index in [-0.39, 0.29) is 29.9 Å². The van der Waals surface area contributed by atoms with Crippen LogP contribution in [0.4, 0.5) is 0 Å². The highest BCUT2D eigenvalue weighted by atomic mass is 127. The number of carbonyl (C=O) groups is 1. The molecule has 0 heterocycles. The molecule has 0 saturated heterocycles. The average Bonchev–Trinajstić information content (AvgIpc) is 3.46. The molecule has 0 spiro atoms. The van der Waals surface area contributed by atoms with E-state index in [1.54, 1.807) is 7.05 Å². The molecule has 27 heavy (non-hydrogen) atoms. The normalized spacial score (nSPS) is 14.8. The van der Waals surface area contributed by atoms with Crippen LogP contribution < -0.4 is 16.0 Å². The number of halogens is 1. The maximum absolute atomic E-state index is 11.6. The molecule has 1 fully saturated rings. The summed E-state index contributed by atoms with van der Waals surface area (Å²) >= 11 is 0. The maximum Gasteiger partial charge on any atom is 0.220 e. The Morgan fingerprint density at radius 2 is 2.00 bits per heavy atom. The van der Waals surface area contributed by atoms with Crippen molar-refractivity contribution in [2.24, 2.45) is 10.9 Å². The molecule has 0 aromatic heterocycles. The van der Waals surface area contributed by atoms with Gasteiger partial charge < -0.3 is 20.7 Å². The van der Waals surface area contributed by atoms with Crippen LogP contribution in [-0.4, -0.2) is 44.7 Å². The minimum absolute atomic E-state index is 0. The van der Waals surface area contributed by atoms with Crippen molar-refractivity contribution in [1.29, 1.82) is 0 Å². The summed E-state index contributed by atoms with van der Waals surface area (Å²) < 4.78 is 5.76. The zero-order valence-corrected chi connectivity index (χ0v) is 18.7. The van der Waals surface area contributed by atoms with Gasteiger partial charge in [-0.2, -0.15) is 0 Å². The first-order valence-corrected chi connectivity index (χ1v) is 9.53. The number of hydrogen-bond donors (Lipinski definition) is 3. The molecular weight excluding hydrogens is 455 g/mol. The molecule has 1 aromatic rings. The van der Waals surface area contributed by atoms with E-state index in [9.17, 15) is 4.79 Å². The Hall–Kier alpha value is -1.35. The van der Waals surface area contributed by atoms with E-state index in [1.165, 1.54) is 5.56 Å². The van der Waals surface area contributed by atoms with Crippen LogP contribution in [0.15, 0.2) is 35.3 Å². The lowest BCUT2D eigenvalue weighted by atomic mass is 10.2. The van der Waals surface area contributed by atoms with Crippen molar-refractivity contribution < 1.29 is 9.53 Å². The van der Waals surface area contributed by atoms with Crippen molar-refractivity contribution >= 4 is 35.8 Å². The molecule has 0 radical (unpaired) electrons. The Labute approximate surface area is 179 Å². The van der Waals surface area contributed by atoms with E-state index in [2.05, 4.69) is 40.0 Å². The van der Waals surface area contributed by atoms with Gasteiger partial charge in [0.15, 0.2) is 5.96 Å². The molecule has 1 unspecified atom stereocenters. The quantitative estimate of drug-likeness (QED) is 0.194. The smallest absolute Gasteiger partial charge is 0.220 e. The first kappa shape index (κ1) is 23.7. The summed E-state index contributed by atoms with van der Waals surface area (Å²) in [5.41, 5.74) is 1.19. The van der Waals surface area contributed by atoms with Crippen LogP contribution in [0.5, 0.6) is 0 Å². The molecule has 2 rings (SSSR count). The number of carbonyl (C=O) groups excluding carboxylic acids is 1. The number of rotatable bonds is 11. The van der Waals surface area contributed by atoms with Crippen LogP contribution in [0.1, 0.15) is 38.2 Å². The number of guanidine groups is 1. The average molecular weight is 488 g/mol. The van der Waals surface area contributed by atoms with Crippen molar-refractivity contribution in [3.8, 4) is 0 Å². The monoisotopic (exact) mass is 488 g/mol. The number of hydrogen-bond acceptors (Lipinski definition) is 3. The first-order chi connectivity index (χ1) is 12.7. The summed E-state index contributed by atoms with van der Waals surface area (Å²) in [5, 5.41) is 9.56. The Balaban J connectivity index is 0.00000364. The highest BCUT2D eigenvalue weighted by Crippen LogP contribution is 2.18. The number of nitrogens with one attached hydrogen (secondary N) is 3. The lowest BCUT2D eigenvalue weighted by Gasteiger charge is -2.16. The fourth-order valence-electron chi connectivity index (χ4n) is 2.49. The summed E-state index contributed by atoms with van der Waals surface area (Å²) in [6, 6.07) is 10.6. The SMILES string of the molecule is CN=C(NCCCC(=O)NC1CC1)NCC(C)COCc1ccccc1.I. The van der Waals surface area contributed by atoms with Crippen molar-refractivity contribution in [1.82, 2.24) is 16.0 Å². The maximum atomic E-state index is 11.6. The molecule has 1 amide bonds. The van der Waals surface area contributed by atoms with Crippen LogP contribution in [0.2, 0.25) is 0 Å². The van der Waals surface area contributed by atoms with Crippen molar-refractivity contribution in [3.63, 3.8) is 0 Å². The predicted molar refractivity (Wildman–Crippen MR) is 120 cm³/mol. The largest absolute Gasteiger partial charge is 0.376 e. The third-order valence-electron chi connectivity index (χ3n) is 4.17. The summed E-state index contributed by atoms with van der Waals surface area (Å²) in [4.78, 5) is 15.8. The van der Waals surface area contributed by atoms with Gasteiger partial charge >= 0.3 is 0 Å². The Kier molecular flexibility index (Phi) is 12.1. The number of ether oxygens (including phenoxy) is 1. The molecule has 1 aliphatic rings. The summed E-state index contributed by atoms with van der Waals surface area (Å²) in [6.07, 6.45) is 3.63. The topological polar surface area (TPSA) is 74.8 Å². The lowest BCUT2D eigenvalue weighted by Crippen LogP contribution is -2.40. The Morgan fingerprint density at radius 1 is 1.26 bits per heavy atom. The fraction of sp³-hybridized carbons (Fsp3) is 0.600. The molecule has 1 saturated carbocycles. The molecule has 3 N–H and O–H groups in total. The first-order valence-electron chi connectivity index (χ1n) is 9.53. The standard InChI is InChI=1S/C20H32N4O2.HI/c1-16(14-26-15-17-7-4-3-5-8-17)13-23-20(21-2)22-12-6-9-19(25)24-18-10-11-18;/h3-5,7-8,16,18H,6,9-15H2,1-2H3,(H,24,25)(H2,21,22,23);1H. The van der Waals surface area contributed by atoms with E-state index < -0.39 is 0 Å².